The molecule has 4 atom stereocenters. The number of carbonyl (C=O) groups excluding carboxylic acids is 3. The van der Waals surface area contributed by atoms with E-state index in [1.54, 1.807) is 36.3 Å². The Hall–Kier alpha value is -4.17. The molecule has 5 rings (SSSR count). The van der Waals surface area contributed by atoms with E-state index in [1.807, 2.05) is 80.3 Å². The van der Waals surface area contributed by atoms with Crippen LogP contribution in [-0.4, -0.2) is 72.9 Å². The van der Waals surface area contributed by atoms with Crippen LogP contribution < -0.4 is 15.4 Å². The molecule has 2 saturated heterocycles. The second kappa shape index (κ2) is 12.8. The molecule has 4 unspecified atom stereocenters. The zero-order valence-electron chi connectivity index (χ0n) is 24.7. The number of hydrogen-bond donors (Lipinski definition) is 2. The van der Waals surface area contributed by atoms with Crippen LogP contribution >= 0.6 is 0 Å². The quantitative estimate of drug-likeness (QED) is 0.408. The summed E-state index contributed by atoms with van der Waals surface area (Å²) in [5, 5.41) is 6.36. The van der Waals surface area contributed by atoms with Crippen LogP contribution in [0.2, 0.25) is 0 Å². The molecule has 0 bridgehead atoms. The number of methoxy groups -OCH3 is 1. The predicted molar refractivity (Wildman–Crippen MR) is 163 cm³/mol. The smallest absolute Gasteiger partial charge is 0.318 e. The molecule has 8 nitrogen and oxygen atoms in total. The molecule has 0 radical (unpaired) electrons. The molecule has 3 amide bonds. The summed E-state index contributed by atoms with van der Waals surface area (Å²) in [4.78, 5) is 46.9. The summed E-state index contributed by atoms with van der Waals surface area (Å²) < 4.78 is 5.34. The predicted octanol–water partition coefficient (Wildman–Crippen LogP) is 4.56. The summed E-state index contributed by atoms with van der Waals surface area (Å²) in [5.41, 5.74) is 3.26. The number of amides is 3. The molecule has 2 heterocycles. The molecular weight excluding hydrogens is 528 g/mol. The zero-order chi connectivity index (χ0) is 29.8. The summed E-state index contributed by atoms with van der Waals surface area (Å²) in [7, 11) is 1.59. The highest BCUT2D eigenvalue weighted by Gasteiger charge is 2.58. The van der Waals surface area contributed by atoms with Crippen molar-refractivity contribution in [3.05, 3.63) is 101 Å². The summed E-state index contributed by atoms with van der Waals surface area (Å²) >= 11 is 0. The fourth-order valence-corrected chi connectivity index (χ4v) is 6.28. The Balaban J connectivity index is 1.73. The van der Waals surface area contributed by atoms with E-state index in [-0.39, 0.29) is 23.8 Å². The summed E-state index contributed by atoms with van der Waals surface area (Å²) in [6.45, 7) is 8.26. The SMILES string of the molecule is COc1ccc(C(=O)C2C(c3ccccc3)C(C(=O)N3CCNCC3)N(C(=O)NC(C)C)C2c2ccc(C)cc2)cc1. The standard InChI is InChI=1S/C34H40N4O4/c1-22(2)36-34(41)38-30(25-12-10-23(3)11-13-25)29(32(39)26-14-16-27(42-4)17-15-26)28(24-8-6-5-7-9-24)31(38)33(40)37-20-18-35-19-21-37/h5-17,22,28-31,35H,18-21H2,1-4H3,(H,36,41). The van der Waals surface area contributed by atoms with E-state index in [0.29, 0.717) is 37.5 Å². The fourth-order valence-electron chi connectivity index (χ4n) is 6.28. The highest BCUT2D eigenvalue weighted by atomic mass is 16.5. The van der Waals surface area contributed by atoms with E-state index in [9.17, 15) is 14.4 Å². The highest BCUT2D eigenvalue weighted by Crippen LogP contribution is 2.51. The Kier molecular flexibility index (Phi) is 8.92. The number of likely N-dealkylation sites (tertiary alicyclic amines) is 1. The number of piperazine rings is 1. The normalized spacial score (nSPS) is 22.2. The lowest BCUT2D eigenvalue weighted by Gasteiger charge is -2.36. The highest BCUT2D eigenvalue weighted by molar-refractivity contribution is 6.02. The number of nitrogens with one attached hydrogen (secondary N) is 2. The first-order valence-electron chi connectivity index (χ1n) is 14.7. The zero-order valence-corrected chi connectivity index (χ0v) is 24.7. The number of ketones is 1. The van der Waals surface area contributed by atoms with E-state index >= 15 is 0 Å². The van der Waals surface area contributed by atoms with Gasteiger partial charge in [0.2, 0.25) is 5.91 Å². The van der Waals surface area contributed by atoms with Crippen molar-refractivity contribution in [2.24, 2.45) is 5.92 Å². The summed E-state index contributed by atoms with van der Waals surface area (Å²) in [6.07, 6.45) is 0. The Morgan fingerprint density at radius 2 is 1.52 bits per heavy atom. The second-order valence-corrected chi connectivity index (χ2v) is 11.4. The largest absolute Gasteiger partial charge is 0.497 e. The van der Waals surface area contributed by atoms with Gasteiger partial charge in [0.05, 0.1) is 19.1 Å². The minimum Gasteiger partial charge on any atom is -0.497 e. The van der Waals surface area contributed by atoms with Crippen molar-refractivity contribution in [3.63, 3.8) is 0 Å². The number of nitrogens with zero attached hydrogens (tertiary/aromatic N) is 2. The molecule has 0 saturated carbocycles. The fraction of sp³-hybridized carbons (Fsp3) is 0.382. The van der Waals surface area contributed by atoms with E-state index < -0.39 is 23.9 Å². The van der Waals surface area contributed by atoms with E-state index in [4.69, 9.17) is 4.74 Å². The summed E-state index contributed by atoms with van der Waals surface area (Å²) in [5.74, 6) is -0.871. The average Bonchev–Trinajstić information content (AvgIpc) is 3.37. The van der Waals surface area contributed by atoms with Crippen molar-refractivity contribution in [3.8, 4) is 5.75 Å². The maximum Gasteiger partial charge on any atom is 0.318 e. The van der Waals surface area contributed by atoms with Crippen LogP contribution in [0, 0.1) is 12.8 Å². The van der Waals surface area contributed by atoms with Gasteiger partial charge in [-0.05, 0) is 56.2 Å². The van der Waals surface area contributed by atoms with Gasteiger partial charge in [0.15, 0.2) is 5.78 Å². The molecule has 2 fully saturated rings. The van der Waals surface area contributed by atoms with Gasteiger partial charge in [-0.3, -0.25) is 9.59 Å². The van der Waals surface area contributed by atoms with Crippen LogP contribution in [0.1, 0.15) is 52.9 Å². The molecule has 220 valence electrons. The third kappa shape index (κ3) is 5.90. The molecule has 3 aromatic carbocycles. The molecule has 42 heavy (non-hydrogen) atoms. The number of ether oxygens (including phenoxy) is 1. The number of benzene rings is 3. The van der Waals surface area contributed by atoms with Crippen LogP contribution in [0.15, 0.2) is 78.9 Å². The Labute approximate surface area is 248 Å². The van der Waals surface area contributed by atoms with Gasteiger partial charge in [-0.15, -0.1) is 0 Å². The number of carbonyl (C=O) groups is 3. The van der Waals surface area contributed by atoms with Crippen LogP contribution in [0.25, 0.3) is 0 Å². The monoisotopic (exact) mass is 568 g/mol. The molecule has 0 aromatic heterocycles. The lowest BCUT2D eigenvalue weighted by Crippen LogP contribution is -2.56. The number of rotatable bonds is 7. The maximum absolute atomic E-state index is 14.7. The third-order valence-corrected chi connectivity index (χ3v) is 8.28. The number of Topliss-reactive ketones (excluding diaryl/α,β-unsaturated/α-hetero) is 1. The topological polar surface area (TPSA) is 91.0 Å². The molecule has 0 spiro atoms. The Morgan fingerprint density at radius 3 is 2.12 bits per heavy atom. The molecule has 3 aromatic rings. The first-order chi connectivity index (χ1) is 20.3. The van der Waals surface area contributed by atoms with E-state index in [1.165, 1.54) is 0 Å². The van der Waals surface area contributed by atoms with Crippen molar-refractivity contribution in [2.75, 3.05) is 33.3 Å². The van der Waals surface area contributed by atoms with Crippen molar-refractivity contribution in [1.82, 2.24) is 20.4 Å². The number of hydrogen-bond acceptors (Lipinski definition) is 5. The van der Waals surface area contributed by atoms with Crippen molar-refractivity contribution in [2.45, 2.75) is 44.8 Å². The first kappa shape index (κ1) is 29.3. The van der Waals surface area contributed by atoms with Gasteiger partial charge in [0, 0.05) is 43.7 Å². The van der Waals surface area contributed by atoms with Crippen LogP contribution in [-0.2, 0) is 4.79 Å². The van der Waals surface area contributed by atoms with Crippen LogP contribution in [0.3, 0.4) is 0 Å². The van der Waals surface area contributed by atoms with Crippen LogP contribution in [0.4, 0.5) is 4.79 Å². The molecular formula is C34H40N4O4. The number of aryl methyl sites for hydroxylation is 1. The minimum absolute atomic E-state index is 0.116. The van der Waals surface area contributed by atoms with Gasteiger partial charge in [-0.1, -0.05) is 60.2 Å². The Morgan fingerprint density at radius 1 is 0.881 bits per heavy atom. The average molecular weight is 569 g/mol. The number of urea groups is 1. The van der Waals surface area contributed by atoms with Gasteiger partial charge in [-0.2, -0.15) is 0 Å². The van der Waals surface area contributed by atoms with E-state index in [2.05, 4.69) is 10.6 Å². The second-order valence-electron chi connectivity index (χ2n) is 11.4. The molecule has 8 heteroatoms. The molecule has 2 N–H and O–H groups in total. The summed E-state index contributed by atoms with van der Waals surface area (Å²) in [6, 6.07) is 22.7. The lowest BCUT2D eigenvalue weighted by atomic mass is 9.76. The van der Waals surface area contributed by atoms with Gasteiger partial charge >= 0.3 is 6.03 Å². The molecule has 2 aliphatic heterocycles. The van der Waals surface area contributed by atoms with Crippen molar-refractivity contribution >= 4 is 17.7 Å². The molecule has 0 aliphatic carbocycles. The third-order valence-electron chi connectivity index (χ3n) is 8.28. The lowest BCUT2D eigenvalue weighted by molar-refractivity contribution is -0.136. The van der Waals surface area contributed by atoms with E-state index in [0.717, 1.165) is 16.7 Å². The maximum atomic E-state index is 14.7. The molecule has 2 aliphatic rings. The van der Waals surface area contributed by atoms with Gasteiger partial charge in [-0.25, -0.2) is 4.79 Å². The Bertz CT molecular complexity index is 1390. The van der Waals surface area contributed by atoms with Gasteiger partial charge in [0.1, 0.15) is 11.8 Å². The van der Waals surface area contributed by atoms with Gasteiger partial charge in [0.25, 0.3) is 0 Å². The van der Waals surface area contributed by atoms with Crippen molar-refractivity contribution < 1.29 is 19.1 Å². The minimum atomic E-state index is -0.872. The van der Waals surface area contributed by atoms with Gasteiger partial charge < -0.3 is 25.2 Å². The van der Waals surface area contributed by atoms with Crippen LogP contribution in [0.5, 0.6) is 5.75 Å². The van der Waals surface area contributed by atoms with Crippen molar-refractivity contribution in [1.29, 1.82) is 0 Å². The first-order valence-corrected chi connectivity index (χ1v) is 14.7.